The van der Waals surface area contributed by atoms with Gasteiger partial charge >= 0.3 is 0 Å². The molecule has 0 aliphatic rings. The molecule has 0 unspecified atom stereocenters. The summed E-state index contributed by atoms with van der Waals surface area (Å²) >= 11 is 17.9. The highest BCUT2D eigenvalue weighted by atomic mass is 35.5. The summed E-state index contributed by atoms with van der Waals surface area (Å²) in [5.41, 5.74) is 1.55. The van der Waals surface area contributed by atoms with Gasteiger partial charge in [0.1, 0.15) is 0 Å². The highest BCUT2D eigenvalue weighted by molar-refractivity contribution is 6.44. The van der Waals surface area contributed by atoms with Crippen LogP contribution in [0.25, 0.3) is 0 Å². The van der Waals surface area contributed by atoms with Crippen LogP contribution in [-0.4, -0.2) is 24.4 Å². The van der Waals surface area contributed by atoms with Gasteiger partial charge in [0.2, 0.25) is 5.91 Å². The smallest absolute Gasteiger partial charge is 0.238 e. The molecule has 0 aliphatic carbocycles. The Labute approximate surface area is 144 Å². The Hall–Kier alpha value is -1.26. The minimum atomic E-state index is -0.159. The van der Waals surface area contributed by atoms with Gasteiger partial charge in [0, 0.05) is 11.6 Å². The number of carbonyl (C=O) groups is 1. The molecule has 0 heterocycles. The lowest BCUT2D eigenvalue weighted by Crippen LogP contribution is -2.29. The number of carbonyl (C=O) groups excluding carboxylic acids is 1. The molecule has 22 heavy (non-hydrogen) atoms. The molecule has 2 rings (SSSR count). The number of benzene rings is 2. The highest BCUT2D eigenvalue weighted by Crippen LogP contribution is 2.29. The largest absolute Gasteiger partial charge is 0.324 e. The number of nitrogens with zero attached hydrogens (tertiary/aromatic N) is 1. The Morgan fingerprint density at radius 2 is 1.86 bits per heavy atom. The third-order valence-electron chi connectivity index (χ3n) is 2.98. The Kier molecular flexibility index (Phi) is 6.09. The number of amides is 1. The molecule has 6 heteroatoms. The first kappa shape index (κ1) is 17.1. The van der Waals surface area contributed by atoms with Crippen LogP contribution in [-0.2, 0) is 11.3 Å². The van der Waals surface area contributed by atoms with Gasteiger partial charge in [-0.1, -0.05) is 53.0 Å². The third kappa shape index (κ3) is 4.89. The van der Waals surface area contributed by atoms with E-state index >= 15 is 0 Å². The van der Waals surface area contributed by atoms with E-state index in [1.807, 2.05) is 36.2 Å². The van der Waals surface area contributed by atoms with Crippen molar-refractivity contribution in [3.63, 3.8) is 0 Å². The molecule has 0 saturated heterocycles. The average molecular weight is 358 g/mol. The predicted molar refractivity (Wildman–Crippen MR) is 92.9 cm³/mol. The molecule has 1 N–H and O–H groups in total. The minimum Gasteiger partial charge on any atom is -0.324 e. The summed E-state index contributed by atoms with van der Waals surface area (Å²) in [7, 11) is 1.86. The molecule has 0 bridgehead atoms. The summed E-state index contributed by atoms with van der Waals surface area (Å²) in [5.74, 6) is -0.159. The zero-order valence-corrected chi connectivity index (χ0v) is 14.2. The molecule has 0 aromatic heterocycles. The van der Waals surface area contributed by atoms with Crippen LogP contribution in [0.15, 0.2) is 42.5 Å². The quantitative estimate of drug-likeness (QED) is 0.840. The molecule has 0 fully saturated rings. The van der Waals surface area contributed by atoms with Crippen molar-refractivity contribution >= 4 is 46.4 Å². The van der Waals surface area contributed by atoms with E-state index in [0.717, 1.165) is 5.56 Å². The van der Waals surface area contributed by atoms with Gasteiger partial charge < -0.3 is 5.32 Å². The van der Waals surface area contributed by atoms with Crippen LogP contribution in [0.3, 0.4) is 0 Å². The van der Waals surface area contributed by atoms with Crippen molar-refractivity contribution in [3.05, 3.63) is 63.1 Å². The number of hydrogen-bond acceptors (Lipinski definition) is 2. The van der Waals surface area contributed by atoms with E-state index < -0.39 is 0 Å². The average Bonchev–Trinajstić information content (AvgIpc) is 2.43. The van der Waals surface area contributed by atoms with E-state index in [4.69, 9.17) is 34.8 Å². The van der Waals surface area contributed by atoms with Gasteiger partial charge in [-0.15, -0.1) is 0 Å². The molecule has 0 atom stereocenters. The number of rotatable bonds is 5. The maximum atomic E-state index is 12.1. The van der Waals surface area contributed by atoms with Gasteiger partial charge in [-0.25, -0.2) is 0 Å². The molecule has 0 spiro atoms. The molecular weight excluding hydrogens is 343 g/mol. The van der Waals surface area contributed by atoms with E-state index in [2.05, 4.69) is 5.32 Å². The van der Waals surface area contributed by atoms with Gasteiger partial charge in [0.15, 0.2) is 0 Å². The second kappa shape index (κ2) is 7.84. The number of hydrogen-bond donors (Lipinski definition) is 1. The molecule has 0 aliphatic heterocycles. The van der Waals surface area contributed by atoms with E-state index in [1.165, 1.54) is 0 Å². The predicted octanol–water partition coefficient (Wildman–Crippen LogP) is 4.72. The summed E-state index contributed by atoms with van der Waals surface area (Å²) in [6, 6.07) is 12.7. The van der Waals surface area contributed by atoms with Gasteiger partial charge in [-0.2, -0.15) is 0 Å². The molecule has 0 radical (unpaired) electrons. The lowest BCUT2D eigenvalue weighted by molar-refractivity contribution is -0.117. The summed E-state index contributed by atoms with van der Waals surface area (Å²) in [4.78, 5) is 14.0. The Balaban J connectivity index is 1.92. The second-order valence-electron chi connectivity index (χ2n) is 4.95. The van der Waals surface area contributed by atoms with Crippen LogP contribution in [0.4, 0.5) is 5.69 Å². The molecule has 2 aromatic carbocycles. The summed E-state index contributed by atoms with van der Waals surface area (Å²) < 4.78 is 0. The Bertz CT molecular complexity index is 676. The first-order valence-corrected chi connectivity index (χ1v) is 7.76. The number of likely N-dealkylation sites (N-methyl/N-ethyl adjacent to an activating group) is 1. The molecule has 3 nitrogen and oxygen atoms in total. The first-order chi connectivity index (χ1) is 10.5. The Morgan fingerprint density at radius 1 is 1.14 bits per heavy atom. The fourth-order valence-corrected chi connectivity index (χ4v) is 2.60. The number of halogens is 3. The maximum Gasteiger partial charge on any atom is 0.238 e. The molecule has 116 valence electrons. The monoisotopic (exact) mass is 356 g/mol. The van der Waals surface area contributed by atoms with E-state index in [1.54, 1.807) is 18.2 Å². The van der Waals surface area contributed by atoms with Crippen LogP contribution >= 0.6 is 34.8 Å². The minimum absolute atomic E-state index is 0.159. The van der Waals surface area contributed by atoms with Crippen molar-refractivity contribution in [1.82, 2.24) is 4.90 Å². The van der Waals surface area contributed by atoms with E-state index in [9.17, 15) is 4.79 Å². The summed E-state index contributed by atoms with van der Waals surface area (Å²) in [5, 5.41) is 4.19. The SMILES string of the molecule is CN(CC(=O)Nc1cccc(Cl)c1Cl)Cc1cccc(Cl)c1. The topological polar surface area (TPSA) is 32.3 Å². The fourth-order valence-electron chi connectivity index (χ4n) is 2.04. The molecular formula is C16H15Cl3N2O. The number of nitrogens with one attached hydrogen (secondary N) is 1. The van der Waals surface area contributed by atoms with Crippen LogP contribution in [0, 0.1) is 0 Å². The van der Waals surface area contributed by atoms with Crippen molar-refractivity contribution < 1.29 is 4.79 Å². The molecule has 2 aromatic rings. The van der Waals surface area contributed by atoms with Crippen molar-refractivity contribution in [2.75, 3.05) is 18.9 Å². The number of anilines is 1. The van der Waals surface area contributed by atoms with Crippen molar-refractivity contribution in [2.45, 2.75) is 6.54 Å². The standard InChI is InChI=1S/C16H15Cl3N2O/c1-21(9-11-4-2-5-12(17)8-11)10-15(22)20-14-7-3-6-13(18)16(14)19/h2-8H,9-10H2,1H3,(H,20,22). The van der Waals surface area contributed by atoms with Crippen LogP contribution < -0.4 is 5.32 Å². The van der Waals surface area contributed by atoms with Crippen molar-refractivity contribution in [1.29, 1.82) is 0 Å². The van der Waals surface area contributed by atoms with Crippen molar-refractivity contribution in [2.24, 2.45) is 0 Å². The summed E-state index contributed by atoms with van der Waals surface area (Å²) in [6.45, 7) is 0.854. The van der Waals surface area contributed by atoms with Crippen LogP contribution in [0.1, 0.15) is 5.56 Å². The zero-order chi connectivity index (χ0) is 16.1. The van der Waals surface area contributed by atoms with Gasteiger partial charge in [-0.3, -0.25) is 9.69 Å². The molecule has 0 saturated carbocycles. The second-order valence-corrected chi connectivity index (χ2v) is 6.17. The lowest BCUT2D eigenvalue weighted by atomic mass is 10.2. The lowest BCUT2D eigenvalue weighted by Gasteiger charge is -2.17. The van der Waals surface area contributed by atoms with Crippen LogP contribution in [0.5, 0.6) is 0 Å². The van der Waals surface area contributed by atoms with Crippen molar-refractivity contribution in [3.8, 4) is 0 Å². The van der Waals surface area contributed by atoms with Gasteiger partial charge in [-0.05, 0) is 36.9 Å². The third-order valence-corrected chi connectivity index (χ3v) is 4.03. The summed E-state index contributed by atoms with van der Waals surface area (Å²) in [6.07, 6.45) is 0. The molecule has 1 amide bonds. The fraction of sp³-hybridized carbons (Fsp3) is 0.188. The normalized spacial score (nSPS) is 10.8. The van der Waals surface area contributed by atoms with Gasteiger partial charge in [0.05, 0.1) is 22.3 Å². The maximum absolute atomic E-state index is 12.1. The van der Waals surface area contributed by atoms with E-state index in [0.29, 0.717) is 27.3 Å². The Morgan fingerprint density at radius 3 is 2.59 bits per heavy atom. The van der Waals surface area contributed by atoms with E-state index in [-0.39, 0.29) is 12.5 Å². The van der Waals surface area contributed by atoms with Gasteiger partial charge in [0.25, 0.3) is 0 Å². The zero-order valence-electron chi connectivity index (χ0n) is 11.9. The van der Waals surface area contributed by atoms with Crippen LogP contribution in [0.2, 0.25) is 15.1 Å². The highest BCUT2D eigenvalue weighted by Gasteiger charge is 2.11. The first-order valence-electron chi connectivity index (χ1n) is 6.62.